The number of carbonyl (C=O) groups is 3. The molecule has 49 heavy (non-hydrogen) atoms. The van der Waals surface area contributed by atoms with Crippen LogP contribution in [0.5, 0.6) is 0 Å². The molecule has 2 aliphatic rings. The fourth-order valence-electron chi connectivity index (χ4n) is 5.18. The fraction of sp³-hybridized carbons (Fsp3) is 0.727. The van der Waals surface area contributed by atoms with E-state index in [1.807, 2.05) is 12.2 Å². The minimum atomic E-state index is -1.01. The molecule has 2 fully saturated rings. The molecule has 274 valence electrons. The lowest BCUT2D eigenvalue weighted by molar-refractivity contribution is -0.572. The second kappa shape index (κ2) is 25.3. The molecule has 0 radical (unpaired) electrons. The van der Waals surface area contributed by atoms with E-state index in [0.29, 0.717) is 32.6 Å². The Morgan fingerprint density at radius 1 is 0.857 bits per heavy atom. The standard InChI is InChI=1S/C33H53N6O10/c1-4-31(42)45-21-28(22-46-32(43)27(2)3)49-33(44)34-17-11-5-6-14-20-39(47-23-35-29-15-9-7-12-18-37(29)25-40)48-24-36-30-16-10-8-13-19-38(30)26-41/h4,28-30,35-36H,1-2,5-24H2,3H3/q+1/p+1. The van der Waals surface area contributed by atoms with E-state index in [0.717, 1.165) is 76.7 Å². The molecule has 2 rings (SSSR count). The SMILES string of the molecule is C=CC(=O)OCC(COC(=O)C(=C)C)OC(=O)NCCCCCCN(OCNC1CCCCC[N+]1=C=O)OCNC1CCCCC[N+]1=C=O. The van der Waals surface area contributed by atoms with Crippen molar-refractivity contribution in [2.75, 3.05) is 52.9 Å². The molecule has 2 aliphatic heterocycles. The van der Waals surface area contributed by atoms with Crippen LogP contribution in [0.4, 0.5) is 4.79 Å². The number of unbranched alkanes of at least 4 members (excludes halogenated alkanes) is 3. The topological polar surface area (TPSA) is 177 Å². The second-order valence-corrected chi connectivity index (χ2v) is 11.9. The van der Waals surface area contributed by atoms with Crippen LogP contribution in [0.2, 0.25) is 0 Å². The summed E-state index contributed by atoms with van der Waals surface area (Å²) < 4.78 is 18.5. The zero-order valence-electron chi connectivity index (χ0n) is 28.8. The van der Waals surface area contributed by atoms with Crippen LogP contribution in [-0.4, -0.2) is 116 Å². The molecule has 0 bridgehead atoms. The third kappa shape index (κ3) is 18.0. The lowest BCUT2D eigenvalue weighted by Crippen LogP contribution is -2.44. The molecule has 16 nitrogen and oxygen atoms in total. The minimum Gasteiger partial charge on any atom is -0.458 e. The molecule has 0 saturated carbocycles. The number of nitrogens with one attached hydrogen (secondary N) is 3. The highest BCUT2D eigenvalue weighted by atomic mass is 17.0. The molecule has 2 heterocycles. The Morgan fingerprint density at radius 3 is 1.98 bits per heavy atom. The normalized spacial score (nSPS) is 18.7. The highest BCUT2D eigenvalue weighted by Crippen LogP contribution is 2.12. The summed E-state index contributed by atoms with van der Waals surface area (Å²) in [6, 6.07) is 0. The number of isocyanates is 2. The smallest absolute Gasteiger partial charge is 0.425 e. The fourth-order valence-corrected chi connectivity index (χ4v) is 5.18. The summed E-state index contributed by atoms with van der Waals surface area (Å²) in [7, 11) is 0. The molecule has 3 unspecified atom stereocenters. The van der Waals surface area contributed by atoms with Crippen LogP contribution in [0.3, 0.4) is 0 Å². The van der Waals surface area contributed by atoms with E-state index in [-0.39, 0.29) is 44.6 Å². The zero-order chi connectivity index (χ0) is 35.7. The minimum absolute atomic E-state index is 0.132. The van der Waals surface area contributed by atoms with Crippen LogP contribution in [0.25, 0.3) is 0 Å². The molecule has 0 aromatic rings. The van der Waals surface area contributed by atoms with Crippen LogP contribution in [-0.2, 0) is 43.1 Å². The molecule has 3 N–H and O–H groups in total. The average Bonchev–Trinajstić information content (AvgIpc) is 3.48. The number of ether oxygens (including phenoxy) is 3. The lowest BCUT2D eigenvalue weighted by atomic mass is 10.2. The molecular weight excluding hydrogens is 640 g/mol. The summed E-state index contributed by atoms with van der Waals surface area (Å²) >= 11 is 0. The summed E-state index contributed by atoms with van der Waals surface area (Å²) in [5.41, 5.74) is 0.180. The molecule has 16 heteroatoms. The maximum atomic E-state index is 12.3. The largest absolute Gasteiger partial charge is 0.458 e. The molecule has 0 aromatic heterocycles. The van der Waals surface area contributed by atoms with Gasteiger partial charge in [0.1, 0.15) is 26.7 Å². The van der Waals surface area contributed by atoms with Gasteiger partial charge in [-0.05, 0) is 45.4 Å². The first kappa shape index (κ1) is 41.4. The van der Waals surface area contributed by atoms with Gasteiger partial charge in [0.25, 0.3) is 0 Å². The van der Waals surface area contributed by atoms with E-state index in [1.165, 1.54) is 12.2 Å². The van der Waals surface area contributed by atoms with Crippen molar-refractivity contribution in [3.05, 3.63) is 24.8 Å². The van der Waals surface area contributed by atoms with Crippen LogP contribution >= 0.6 is 0 Å². The van der Waals surface area contributed by atoms with Crippen LogP contribution < -0.4 is 16.0 Å². The summed E-state index contributed by atoms with van der Waals surface area (Å²) in [4.78, 5) is 70.1. The number of alkyl carbamates (subject to hydrolysis) is 1. The summed E-state index contributed by atoms with van der Waals surface area (Å²) in [5, 5.41) is 10.6. The maximum Gasteiger partial charge on any atom is 0.425 e. The maximum absolute atomic E-state index is 12.3. The molecule has 3 atom stereocenters. The van der Waals surface area contributed by atoms with Gasteiger partial charge < -0.3 is 19.5 Å². The summed E-state index contributed by atoms with van der Waals surface area (Å²) in [6.07, 6.45) is 13.6. The average molecular weight is 695 g/mol. The molecule has 0 spiro atoms. The monoisotopic (exact) mass is 694 g/mol. The molecule has 2 saturated heterocycles. The first-order valence-corrected chi connectivity index (χ1v) is 17.1. The van der Waals surface area contributed by atoms with Crippen molar-refractivity contribution in [2.45, 2.75) is 102 Å². The third-order valence-electron chi connectivity index (χ3n) is 7.93. The zero-order valence-corrected chi connectivity index (χ0v) is 28.8. The number of hydroxylamine groups is 2. The molecule has 0 aliphatic carbocycles. The second-order valence-electron chi connectivity index (χ2n) is 11.9. The Bertz CT molecular complexity index is 1120. The van der Waals surface area contributed by atoms with Crippen LogP contribution in [0.1, 0.15) is 84.0 Å². The van der Waals surface area contributed by atoms with Crippen molar-refractivity contribution in [2.24, 2.45) is 0 Å². The predicted molar refractivity (Wildman–Crippen MR) is 175 cm³/mol. The number of carbonyl (C=O) groups excluding carboxylic acids is 5. The van der Waals surface area contributed by atoms with Gasteiger partial charge in [0, 0.05) is 43.9 Å². The molecule has 1 amide bonds. The Kier molecular flexibility index (Phi) is 21.3. The van der Waals surface area contributed by atoms with Gasteiger partial charge in [-0.3, -0.25) is 9.68 Å². The Balaban J connectivity index is 1.77. The van der Waals surface area contributed by atoms with E-state index >= 15 is 0 Å². The number of esters is 2. The first-order chi connectivity index (χ1) is 23.8. The Morgan fingerprint density at radius 2 is 1.43 bits per heavy atom. The van der Waals surface area contributed by atoms with Gasteiger partial charge in [0.05, 0.1) is 6.54 Å². The van der Waals surface area contributed by atoms with Crippen molar-refractivity contribution >= 4 is 30.2 Å². The van der Waals surface area contributed by atoms with Gasteiger partial charge in [-0.1, -0.05) is 31.2 Å². The third-order valence-corrected chi connectivity index (χ3v) is 7.93. The quantitative estimate of drug-likeness (QED) is 0.0220. The van der Waals surface area contributed by atoms with Gasteiger partial charge >= 0.3 is 30.2 Å². The lowest BCUT2D eigenvalue weighted by Gasteiger charge is -2.23. The first-order valence-electron chi connectivity index (χ1n) is 17.1. The van der Waals surface area contributed by atoms with Gasteiger partial charge in [0.15, 0.2) is 19.2 Å². The van der Waals surface area contributed by atoms with E-state index in [4.69, 9.17) is 23.9 Å². The highest BCUT2D eigenvalue weighted by Gasteiger charge is 2.26. The number of hydrogen-bond acceptors (Lipinski definition) is 13. The van der Waals surface area contributed by atoms with Crippen molar-refractivity contribution in [3.8, 4) is 0 Å². The van der Waals surface area contributed by atoms with Gasteiger partial charge in [-0.2, -0.15) is 9.59 Å². The van der Waals surface area contributed by atoms with E-state index in [9.17, 15) is 24.0 Å². The van der Waals surface area contributed by atoms with Gasteiger partial charge in [0.2, 0.25) is 12.3 Å². The van der Waals surface area contributed by atoms with Crippen molar-refractivity contribution in [1.82, 2.24) is 21.2 Å². The van der Waals surface area contributed by atoms with Crippen LogP contribution in [0.15, 0.2) is 24.8 Å². The Hall–Kier alpha value is -3.75. The Labute approximate surface area is 288 Å². The predicted octanol–water partition coefficient (Wildman–Crippen LogP) is 2.25. The van der Waals surface area contributed by atoms with Crippen molar-refractivity contribution in [1.29, 1.82) is 0 Å². The number of rotatable bonds is 22. The number of amides is 1. The van der Waals surface area contributed by atoms with Crippen LogP contribution in [0, 0.1) is 0 Å². The summed E-state index contributed by atoms with van der Waals surface area (Å²) in [6.45, 7) is 10.0. The molecular formula is C33H54N6O10+2. The van der Waals surface area contributed by atoms with E-state index < -0.39 is 24.1 Å². The molecule has 0 aromatic carbocycles. The summed E-state index contributed by atoms with van der Waals surface area (Å²) in [5.74, 6) is -1.36. The van der Waals surface area contributed by atoms with E-state index in [1.54, 1.807) is 9.15 Å². The van der Waals surface area contributed by atoms with Crippen molar-refractivity contribution < 1.29 is 57.0 Å². The highest BCUT2D eigenvalue weighted by molar-refractivity contribution is 5.87. The number of nitrogens with zero attached hydrogens (tertiary/aromatic N) is 3. The van der Waals surface area contributed by atoms with Gasteiger partial charge in [-0.15, -0.1) is 9.15 Å². The van der Waals surface area contributed by atoms with E-state index in [2.05, 4.69) is 29.1 Å². The van der Waals surface area contributed by atoms with Crippen molar-refractivity contribution in [3.63, 3.8) is 0 Å². The number of hydrogen-bond donors (Lipinski definition) is 3. The van der Waals surface area contributed by atoms with Gasteiger partial charge in [-0.25, -0.2) is 25.0 Å².